The lowest BCUT2D eigenvalue weighted by molar-refractivity contribution is 1.08. The van der Waals surface area contributed by atoms with Crippen LogP contribution in [0.25, 0.3) is 0 Å². The highest BCUT2D eigenvalue weighted by Crippen LogP contribution is 2.11. The molecule has 0 saturated heterocycles. The van der Waals surface area contributed by atoms with Crippen LogP contribution in [-0.4, -0.2) is 7.05 Å². The molecule has 0 atom stereocenters. The minimum Gasteiger partial charge on any atom is -0.383 e. The third kappa shape index (κ3) is 3.91. The summed E-state index contributed by atoms with van der Waals surface area (Å²) in [5, 5.41) is 5.81. The second kappa shape index (κ2) is 5.51. The van der Waals surface area contributed by atoms with Gasteiger partial charge in [-0.2, -0.15) is 0 Å². The number of hydrogen-bond acceptors (Lipinski definition) is 2. The molecule has 9 heavy (non-hydrogen) atoms. The first-order valence-electron chi connectivity index (χ1n) is 2.63. The van der Waals surface area contributed by atoms with E-state index in [-0.39, 0.29) is 0 Å². The third-order valence-corrected chi connectivity index (χ3v) is 1.49. The van der Waals surface area contributed by atoms with Crippen molar-refractivity contribution in [2.75, 3.05) is 7.05 Å². The number of nitrogens with one attached hydrogen (secondary N) is 1. The lowest BCUT2D eigenvalue weighted by Gasteiger charge is -1.98. The number of rotatable bonds is 4. The number of hydrogen-bond donors (Lipinski definition) is 1. The van der Waals surface area contributed by atoms with E-state index in [9.17, 15) is 0 Å². The second-order valence-electron chi connectivity index (χ2n) is 1.30. The minimum absolute atomic E-state index is 1.06. The van der Waals surface area contributed by atoms with Gasteiger partial charge in [0.05, 0.1) is 5.03 Å². The molecule has 0 aliphatic rings. The van der Waals surface area contributed by atoms with E-state index in [1.165, 1.54) is 0 Å². The SMILES string of the molecule is C=C/C=C(/NC)SC=C. The lowest BCUT2D eigenvalue weighted by atomic mass is 10.6. The van der Waals surface area contributed by atoms with E-state index in [0.717, 1.165) is 5.03 Å². The molecule has 0 heterocycles. The van der Waals surface area contributed by atoms with Gasteiger partial charge in [0, 0.05) is 7.05 Å². The van der Waals surface area contributed by atoms with Crippen LogP contribution in [0.15, 0.2) is 35.7 Å². The molecule has 50 valence electrons. The van der Waals surface area contributed by atoms with Crippen LogP contribution in [0.2, 0.25) is 0 Å². The van der Waals surface area contributed by atoms with Gasteiger partial charge in [-0.25, -0.2) is 0 Å². The van der Waals surface area contributed by atoms with Gasteiger partial charge in [-0.15, -0.1) is 0 Å². The Morgan fingerprint density at radius 1 is 1.56 bits per heavy atom. The average molecular weight is 141 g/mol. The Balaban J connectivity index is 3.79. The zero-order chi connectivity index (χ0) is 7.11. The molecule has 2 heteroatoms. The van der Waals surface area contributed by atoms with Crippen molar-refractivity contribution in [1.29, 1.82) is 0 Å². The molecular weight excluding hydrogens is 130 g/mol. The Labute approximate surface area is 60.5 Å². The molecule has 1 N–H and O–H groups in total. The van der Waals surface area contributed by atoms with Crippen LogP contribution in [0.3, 0.4) is 0 Å². The molecule has 0 aromatic rings. The maximum atomic E-state index is 3.58. The summed E-state index contributed by atoms with van der Waals surface area (Å²) in [6.45, 7) is 7.15. The summed E-state index contributed by atoms with van der Waals surface area (Å²) in [7, 11) is 1.87. The highest BCUT2D eigenvalue weighted by molar-refractivity contribution is 8.05. The fraction of sp³-hybridized carbons (Fsp3) is 0.143. The standard InChI is InChI=1S/C7H11NS/c1-4-6-7(8-3)9-5-2/h4-6,8H,1-2H2,3H3/b7-6-. The van der Waals surface area contributed by atoms with Crippen molar-refractivity contribution in [3.05, 3.63) is 35.7 Å². The first-order chi connectivity index (χ1) is 4.35. The molecule has 0 unspecified atom stereocenters. The molecule has 0 aromatic carbocycles. The normalized spacial score (nSPS) is 10.6. The molecule has 0 radical (unpaired) electrons. The summed E-state index contributed by atoms with van der Waals surface area (Å²) in [4.78, 5) is 0. The molecule has 0 aliphatic carbocycles. The zero-order valence-corrected chi connectivity index (χ0v) is 6.37. The first kappa shape index (κ1) is 8.37. The van der Waals surface area contributed by atoms with Gasteiger partial charge in [-0.05, 0) is 11.5 Å². The van der Waals surface area contributed by atoms with Gasteiger partial charge in [0.1, 0.15) is 0 Å². The van der Waals surface area contributed by atoms with Crippen molar-refractivity contribution >= 4 is 11.8 Å². The fourth-order valence-electron chi connectivity index (χ4n) is 0.378. The first-order valence-corrected chi connectivity index (χ1v) is 3.51. The van der Waals surface area contributed by atoms with E-state index >= 15 is 0 Å². The van der Waals surface area contributed by atoms with Crippen LogP contribution in [0.1, 0.15) is 0 Å². The number of allylic oxidation sites excluding steroid dienone is 2. The van der Waals surface area contributed by atoms with E-state index in [1.54, 1.807) is 23.2 Å². The quantitative estimate of drug-likeness (QED) is 0.602. The van der Waals surface area contributed by atoms with E-state index in [4.69, 9.17) is 0 Å². The maximum Gasteiger partial charge on any atom is 0.0720 e. The second-order valence-corrected chi connectivity index (χ2v) is 2.31. The molecule has 0 aromatic heterocycles. The highest BCUT2D eigenvalue weighted by Gasteiger charge is 1.84. The van der Waals surface area contributed by atoms with Gasteiger partial charge in [0.25, 0.3) is 0 Å². The third-order valence-electron chi connectivity index (χ3n) is 0.726. The number of thioether (sulfide) groups is 1. The zero-order valence-electron chi connectivity index (χ0n) is 5.55. The van der Waals surface area contributed by atoms with Gasteiger partial charge in [0.15, 0.2) is 0 Å². The minimum atomic E-state index is 1.06. The van der Waals surface area contributed by atoms with Crippen LogP contribution in [-0.2, 0) is 0 Å². The molecule has 0 saturated carbocycles. The fourth-order valence-corrected chi connectivity index (χ4v) is 0.851. The van der Waals surface area contributed by atoms with Crippen molar-refractivity contribution in [2.24, 2.45) is 0 Å². The Kier molecular flexibility index (Phi) is 5.12. The molecule has 0 bridgehead atoms. The van der Waals surface area contributed by atoms with Gasteiger partial charge >= 0.3 is 0 Å². The molecule has 0 rings (SSSR count). The van der Waals surface area contributed by atoms with Gasteiger partial charge in [0.2, 0.25) is 0 Å². The molecule has 0 spiro atoms. The van der Waals surface area contributed by atoms with Crippen LogP contribution >= 0.6 is 11.8 Å². The summed E-state index contributed by atoms with van der Waals surface area (Å²) >= 11 is 1.54. The molecule has 0 fully saturated rings. The molecule has 0 aliphatic heterocycles. The van der Waals surface area contributed by atoms with Crippen molar-refractivity contribution < 1.29 is 0 Å². The van der Waals surface area contributed by atoms with Crippen molar-refractivity contribution in [3.8, 4) is 0 Å². The lowest BCUT2D eigenvalue weighted by Crippen LogP contribution is -2.00. The van der Waals surface area contributed by atoms with Gasteiger partial charge < -0.3 is 5.32 Å². The van der Waals surface area contributed by atoms with Gasteiger partial charge in [-0.1, -0.05) is 31.0 Å². The largest absolute Gasteiger partial charge is 0.383 e. The summed E-state index contributed by atoms with van der Waals surface area (Å²) in [5.74, 6) is 0. The van der Waals surface area contributed by atoms with Crippen LogP contribution in [0, 0.1) is 0 Å². The molecular formula is C7H11NS. The highest BCUT2D eigenvalue weighted by atomic mass is 32.2. The average Bonchev–Trinajstić information content (AvgIpc) is 1.88. The Morgan fingerprint density at radius 3 is 2.56 bits per heavy atom. The Bertz CT molecular complexity index is 127. The summed E-state index contributed by atoms with van der Waals surface area (Å²) in [6, 6.07) is 0. The van der Waals surface area contributed by atoms with Gasteiger partial charge in [-0.3, -0.25) is 0 Å². The predicted molar refractivity (Wildman–Crippen MR) is 45.1 cm³/mol. The van der Waals surface area contributed by atoms with Crippen LogP contribution < -0.4 is 5.32 Å². The maximum absolute atomic E-state index is 3.58. The predicted octanol–water partition coefficient (Wildman–Crippen LogP) is 2.11. The van der Waals surface area contributed by atoms with E-state index in [1.807, 2.05) is 13.1 Å². The topological polar surface area (TPSA) is 12.0 Å². The van der Waals surface area contributed by atoms with E-state index < -0.39 is 0 Å². The summed E-state index contributed by atoms with van der Waals surface area (Å²) in [6.07, 6.45) is 3.63. The Morgan fingerprint density at radius 2 is 2.22 bits per heavy atom. The van der Waals surface area contributed by atoms with Crippen molar-refractivity contribution in [2.45, 2.75) is 0 Å². The summed E-state index contributed by atoms with van der Waals surface area (Å²) < 4.78 is 0. The van der Waals surface area contributed by atoms with E-state index in [2.05, 4.69) is 18.5 Å². The van der Waals surface area contributed by atoms with Crippen molar-refractivity contribution in [1.82, 2.24) is 5.32 Å². The van der Waals surface area contributed by atoms with Crippen molar-refractivity contribution in [3.63, 3.8) is 0 Å². The molecule has 1 nitrogen and oxygen atoms in total. The van der Waals surface area contributed by atoms with Crippen LogP contribution in [0.5, 0.6) is 0 Å². The smallest absolute Gasteiger partial charge is 0.0720 e. The Hall–Kier alpha value is -0.630. The van der Waals surface area contributed by atoms with E-state index in [0.29, 0.717) is 0 Å². The summed E-state index contributed by atoms with van der Waals surface area (Å²) in [5.41, 5.74) is 0. The molecule has 0 amide bonds. The monoisotopic (exact) mass is 141 g/mol. The van der Waals surface area contributed by atoms with Crippen LogP contribution in [0.4, 0.5) is 0 Å².